The van der Waals surface area contributed by atoms with E-state index in [1.807, 2.05) is 17.5 Å². The highest BCUT2D eigenvalue weighted by molar-refractivity contribution is 7.12. The maximum absolute atomic E-state index is 12.6. The summed E-state index contributed by atoms with van der Waals surface area (Å²) in [7, 11) is 0. The van der Waals surface area contributed by atoms with Gasteiger partial charge in [0, 0.05) is 25.2 Å². The fourth-order valence-corrected chi connectivity index (χ4v) is 3.53. The number of primary amides is 1. The molecule has 0 bridgehead atoms. The summed E-state index contributed by atoms with van der Waals surface area (Å²) in [6.07, 6.45) is 0.787. The fourth-order valence-electron chi connectivity index (χ4n) is 2.63. The van der Waals surface area contributed by atoms with Gasteiger partial charge < -0.3 is 16.4 Å². The Hall–Kier alpha value is -2.18. The van der Waals surface area contributed by atoms with E-state index in [0.29, 0.717) is 30.1 Å². The van der Waals surface area contributed by atoms with Crippen molar-refractivity contribution in [3.63, 3.8) is 0 Å². The van der Waals surface area contributed by atoms with Crippen molar-refractivity contribution >= 4 is 23.2 Å². The van der Waals surface area contributed by atoms with E-state index < -0.39 is 5.91 Å². The lowest BCUT2D eigenvalue weighted by atomic mass is 9.97. The molecule has 6 heteroatoms. The van der Waals surface area contributed by atoms with Gasteiger partial charge in [0.1, 0.15) is 0 Å². The first-order chi connectivity index (χ1) is 10.6. The summed E-state index contributed by atoms with van der Waals surface area (Å²) in [6, 6.07) is 7.31. The quantitative estimate of drug-likeness (QED) is 0.899. The molecule has 0 atom stereocenters. The predicted molar refractivity (Wildman–Crippen MR) is 85.6 cm³/mol. The van der Waals surface area contributed by atoms with Crippen molar-refractivity contribution in [2.24, 2.45) is 11.5 Å². The van der Waals surface area contributed by atoms with E-state index in [0.717, 1.165) is 17.5 Å². The van der Waals surface area contributed by atoms with Crippen molar-refractivity contribution in [3.8, 4) is 0 Å². The lowest BCUT2D eigenvalue weighted by Gasteiger charge is -2.28. The molecule has 22 heavy (non-hydrogen) atoms. The second-order valence-corrected chi connectivity index (χ2v) is 6.26. The Morgan fingerprint density at radius 2 is 2.05 bits per heavy atom. The molecule has 0 aliphatic carbocycles. The van der Waals surface area contributed by atoms with Gasteiger partial charge in [0.05, 0.1) is 4.88 Å². The van der Waals surface area contributed by atoms with E-state index in [1.165, 1.54) is 16.9 Å². The lowest BCUT2D eigenvalue weighted by Crippen LogP contribution is -2.35. The first-order valence-electron chi connectivity index (χ1n) is 7.07. The molecule has 2 heterocycles. The third kappa shape index (κ3) is 2.75. The Morgan fingerprint density at radius 1 is 1.23 bits per heavy atom. The highest BCUT2D eigenvalue weighted by Gasteiger charge is 2.23. The Labute approximate surface area is 132 Å². The van der Waals surface area contributed by atoms with Crippen LogP contribution < -0.4 is 11.5 Å². The minimum atomic E-state index is -0.447. The Kier molecular flexibility index (Phi) is 3.96. The van der Waals surface area contributed by atoms with Gasteiger partial charge in [-0.2, -0.15) is 0 Å². The largest absolute Gasteiger partial charge is 0.366 e. The maximum atomic E-state index is 12.6. The molecule has 4 N–H and O–H groups in total. The second kappa shape index (κ2) is 5.90. The molecule has 0 saturated carbocycles. The minimum Gasteiger partial charge on any atom is -0.366 e. The number of nitrogens with zero attached hydrogens (tertiary/aromatic N) is 1. The van der Waals surface area contributed by atoms with Gasteiger partial charge in [0.2, 0.25) is 5.91 Å². The van der Waals surface area contributed by atoms with E-state index in [9.17, 15) is 9.59 Å². The molecule has 114 valence electrons. The fraction of sp³-hybridized carbons (Fsp3) is 0.250. The molecule has 1 aromatic heterocycles. The maximum Gasteiger partial charge on any atom is 0.264 e. The number of carbonyl (C=O) groups is 2. The topological polar surface area (TPSA) is 89.4 Å². The predicted octanol–water partition coefficient (Wildman–Crippen LogP) is 1.50. The summed E-state index contributed by atoms with van der Waals surface area (Å²) >= 11 is 1.42. The SMILES string of the molecule is NCc1csc(C(=O)N2CCc3ccc(C(N)=O)cc3C2)c1. The highest BCUT2D eigenvalue weighted by atomic mass is 32.1. The van der Waals surface area contributed by atoms with Crippen molar-refractivity contribution in [1.29, 1.82) is 0 Å². The molecule has 0 radical (unpaired) electrons. The summed E-state index contributed by atoms with van der Waals surface area (Å²) in [4.78, 5) is 26.4. The van der Waals surface area contributed by atoms with Gasteiger partial charge in [-0.25, -0.2) is 0 Å². The number of thiophene rings is 1. The smallest absolute Gasteiger partial charge is 0.264 e. The lowest BCUT2D eigenvalue weighted by molar-refractivity contribution is 0.0739. The normalized spacial score (nSPS) is 13.8. The first kappa shape index (κ1) is 14.7. The third-order valence-corrected chi connectivity index (χ3v) is 4.86. The van der Waals surface area contributed by atoms with Gasteiger partial charge in [0.15, 0.2) is 0 Å². The average molecular weight is 315 g/mol. The molecule has 3 rings (SSSR count). The summed E-state index contributed by atoms with van der Waals surface area (Å²) in [5.74, 6) is -0.433. The Balaban J connectivity index is 1.82. The number of benzene rings is 1. The molecule has 5 nitrogen and oxygen atoms in total. The van der Waals surface area contributed by atoms with Crippen molar-refractivity contribution in [1.82, 2.24) is 4.90 Å². The summed E-state index contributed by atoms with van der Waals surface area (Å²) in [5, 5.41) is 1.91. The molecule has 1 aliphatic rings. The monoisotopic (exact) mass is 315 g/mol. The summed E-state index contributed by atoms with van der Waals surface area (Å²) in [6.45, 7) is 1.62. The standard InChI is InChI=1S/C16H17N3O2S/c17-7-10-5-14(22-9-10)16(21)19-4-3-11-1-2-12(15(18)20)6-13(11)8-19/h1-2,5-6,9H,3-4,7-8,17H2,(H2,18,20). The second-order valence-electron chi connectivity index (χ2n) is 5.35. The van der Waals surface area contributed by atoms with Crippen LogP contribution in [0, 0.1) is 0 Å². The van der Waals surface area contributed by atoms with Crippen molar-refractivity contribution < 1.29 is 9.59 Å². The van der Waals surface area contributed by atoms with Crippen LogP contribution in [0.4, 0.5) is 0 Å². The number of rotatable bonds is 3. The molecule has 2 amide bonds. The zero-order chi connectivity index (χ0) is 15.7. The summed E-state index contributed by atoms with van der Waals surface area (Å²) < 4.78 is 0. The van der Waals surface area contributed by atoms with Gasteiger partial charge in [-0.05, 0) is 46.7 Å². The van der Waals surface area contributed by atoms with Crippen LogP contribution in [0.2, 0.25) is 0 Å². The number of hydrogen-bond acceptors (Lipinski definition) is 4. The van der Waals surface area contributed by atoms with E-state index in [4.69, 9.17) is 11.5 Å². The van der Waals surface area contributed by atoms with Crippen LogP contribution in [0.3, 0.4) is 0 Å². The Bertz CT molecular complexity index is 739. The molecule has 1 aliphatic heterocycles. The number of carbonyl (C=O) groups excluding carboxylic acids is 2. The molecular formula is C16H17N3O2S. The van der Waals surface area contributed by atoms with E-state index in [2.05, 4.69) is 0 Å². The van der Waals surface area contributed by atoms with E-state index >= 15 is 0 Å². The average Bonchev–Trinajstić information content (AvgIpc) is 3.02. The van der Waals surface area contributed by atoms with Crippen LogP contribution in [0.25, 0.3) is 0 Å². The number of nitrogens with two attached hydrogens (primary N) is 2. The van der Waals surface area contributed by atoms with Crippen molar-refractivity contribution in [3.05, 3.63) is 56.8 Å². The van der Waals surface area contributed by atoms with Crippen molar-refractivity contribution in [2.45, 2.75) is 19.5 Å². The van der Waals surface area contributed by atoms with Gasteiger partial charge >= 0.3 is 0 Å². The van der Waals surface area contributed by atoms with Gasteiger partial charge in [0.25, 0.3) is 5.91 Å². The molecule has 0 saturated heterocycles. The zero-order valence-electron chi connectivity index (χ0n) is 12.0. The van der Waals surface area contributed by atoms with Gasteiger partial charge in [-0.1, -0.05) is 6.07 Å². The van der Waals surface area contributed by atoms with Gasteiger partial charge in [-0.3, -0.25) is 9.59 Å². The van der Waals surface area contributed by atoms with Gasteiger partial charge in [-0.15, -0.1) is 11.3 Å². The molecule has 0 spiro atoms. The van der Waals surface area contributed by atoms with Crippen molar-refractivity contribution in [2.75, 3.05) is 6.54 Å². The van der Waals surface area contributed by atoms with Crippen LogP contribution in [-0.2, 0) is 19.5 Å². The Morgan fingerprint density at radius 3 is 2.73 bits per heavy atom. The van der Waals surface area contributed by atoms with Crippen LogP contribution in [-0.4, -0.2) is 23.3 Å². The molecule has 0 fully saturated rings. The molecule has 1 aromatic carbocycles. The number of hydrogen-bond donors (Lipinski definition) is 2. The van der Waals surface area contributed by atoms with Crippen LogP contribution in [0.5, 0.6) is 0 Å². The third-order valence-electron chi connectivity index (χ3n) is 3.89. The summed E-state index contributed by atoms with van der Waals surface area (Å²) in [5.41, 5.74) is 14.5. The van der Waals surface area contributed by atoms with Crippen LogP contribution in [0.1, 0.15) is 36.7 Å². The molecular weight excluding hydrogens is 298 g/mol. The van der Waals surface area contributed by atoms with Crippen LogP contribution >= 0.6 is 11.3 Å². The van der Waals surface area contributed by atoms with E-state index in [-0.39, 0.29) is 5.91 Å². The minimum absolute atomic E-state index is 0.0137. The molecule has 2 aromatic rings. The zero-order valence-corrected chi connectivity index (χ0v) is 12.9. The van der Waals surface area contributed by atoms with Crippen LogP contribution in [0.15, 0.2) is 29.6 Å². The molecule has 0 unspecified atom stereocenters. The first-order valence-corrected chi connectivity index (χ1v) is 7.95. The number of fused-ring (bicyclic) bond motifs is 1. The number of amides is 2. The van der Waals surface area contributed by atoms with E-state index in [1.54, 1.807) is 17.0 Å². The highest BCUT2D eigenvalue weighted by Crippen LogP contribution is 2.24.